The van der Waals surface area contributed by atoms with E-state index < -0.39 is 5.60 Å². The van der Waals surface area contributed by atoms with Crippen LogP contribution in [0.1, 0.15) is 27.2 Å². The van der Waals surface area contributed by atoms with Gasteiger partial charge >= 0.3 is 0 Å². The summed E-state index contributed by atoms with van der Waals surface area (Å²) in [5.74, 6) is 0.454. The largest absolute Gasteiger partial charge is 0.355 e. The number of carbonyl (C=O) groups excluding carboxylic acids is 1. The molecule has 0 aromatic carbocycles. The summed E-state index contributed by atoms with van der Waals surface area (Å²) in [7, 11) is 0. The second-order valence-corrected chi connectivity index (χ2v) is 4.73. The molecule has 0 radical (unpaired) electrons. The summed E-state index contributed by atoms with van der Waals surface area (Å²) >= 11 is 0. The fourth-order valence-corrected chi connectivity index (χ4v) is 2.17. The van der Waals surface area contributed by atoms with Gasteiger partial charge in [0.1, 0.15) is 5.60 Å². The summed E-state index contributed by atoms with van der Waals surface area (Å²) in [6, 6.07) is 0. The van der Waals surface area contributed by atoms with Gasteiger partial charge in [-0.1, -0.05) is 26.5 Å². The van der Waals surface area contributed by atoms with Gasteiger partial charge in [-0.15, -0.1) is 0 Å². The van der Waals surface area contributed by atoms with Crippen LogP contribution in [-0.2, 0) is 9.53 Å². The quantitative estimate of drug-likeness (QED) is 0.470. The van der Waals surface area contributed by atoms with Crippen molar-refractivity contribution in [3.8, 4) is 0 Å². The molecule has 0 saturated carbocycles. The van der Waals surface area contributed by atoms with Crippen LogP contribution < -0.4 is 0 Å². The Morgan fingerprint density at radius 3 is 2.71 bits per heavy atom. The van der Waals surface area contributed by atoms with E-state index in [1.165, 1.54) is 0 Å². The predicted octanol–water partition coefficient (Wildman–Crippen LogP) is 2.26. The lowest BCUT2D eigenvalue weighted by molar-refractivity contribution is -0.144. The molecule has 2 nitrogen and oxygen atoms in total. The minimum Gasteiger partial charge on any atom is -0.355 e. The second kappa shape index (κ2) is 2.57. The summed E-state index contributed by atoms with van der Waals surface area (Å²) in [5.41, 5.74) is -0.352. The zero-order valence-corrected chi connectivity index (χ0v) is 8.96. The molecule has 76 valence electrons. The molecule has 1 fully saturated rings. The van der Waals surface area contributed by atoms with Crippen LogP contribution in [0.2, 0.25) is 0 Å². The Morgan fingerprint density at radius 1 is 1.50 bits per heavy atom. The van der Waals surface area contributed by atoms with Gasteiger partial charge in [0.2, 0.25) is 0 Å². The molecular formula is C12H16O2. The highest BCUT2D eigenvalue weighted by atomic mass is 16.5. The maximum atomic E-state index is 11.8. The standard InChI is InChI=1S/C12H16O2/c1-8(2)12-6-5-11(4,14-12)9(3)10(13)7-12/h5-6,8H,3,7H2,1-2,4H3/t11-,12+/m1/s1. The van der Waals surface area contributed by atoms with Crippen molar-refractivity contribution in [1.82, 2.24) is 0 Å². The molecule has 2 heterocycles. The van der Waals surface area contributed by atoms with Gasteiger partial charge in [-0.2, -0.15) is 0 Å². The second-order valence-electron chi connectivity index (χ2n) is 4.73. The molecule has 14 heavy (non-hydrogen) atoms. The summed E-state index contributed by atoms with van der Waals surface area (Å²) in [6.07, 6.45) is 4.45. The van der Waals surface area contributed by atoms with Crippen molar-refractivity contribution in [2.45, 2.75) is 38.4 Å². The maximum Gasteiger partial charge on any atom is 0.164 e. The van der Waals surface area contributed by atoms with E-state index >= 15 is 0 Å². The van der Waals surface area contributed by atoms with Gasteiger partial charge in [-0.3, -0.25) is 4.79 Å². The molecule has 2 bridgehead atoms. The van der Waals surface area contributed by atoms with Gasteiger partial charge in [-0.25, -0.2) is 0 Å². The highest BCUT2D eigenvalue weighted by Gasteiger charge is 2.52. The van der Waals surface area contributed by atoms with Gasteiger partial charge in [0, 0.05) is 12.0 Å². The first-order valence-electron chi connectivity index (χ1n) is 5.03. The Balaban J connectivity index is 2.43. The fraction of sp³-hybridized carbons (Fsp3) is 0.583. The highest BCUT2D eigenvalue weighted by Crippen LogP contribution is 2.47. The summed E-state index contributed by atoms with van der Waals surface area (Å²) in [4.78, 5) is 11.8. The Labute approximate surface area is 84.6 Å². The van der Waals surface area contributed by atoms with Crippen molar-refractivity contribution in [2.24, 2.45) is 5.92 Å². The van der Waals surface area contributed by atoms with E-state index in [1.54, 1.807) is 0 Å². The topological polar surface area (TPSA) is 26.3 Å². The van der Waals surface area contributed by atoms with E-state index in [-0.39, 0.29) is 11.4 Å². The van der Waals surface area contributed by atoms with Crippen LogP contribution in [0.4, 0.5) is 0 Å². The van der Waals surface area contributed by atoms with Crippen LogP contribution in [0.5, 0.6) is 0 Å². The van der Waals surface area contributed by atoms with E-state index in [1.807, 2.05) is 19.1 Å². The van der Waals surface area contributed by atoms with Crippen LogP contribution in [0.15, 0.2) is 24.3 Å². The van der Waals surface area contributed by atoms with Gasteiger partial charge in [0.05, 0.1) is 5.60 Å². The third-order valence-corrected chi connectivity index (χ3v) is 3.44. The Kier molecular flexibility index (Phi) is 1.77. The maximum absolute atomic E-state index is 11.8. The minimum atomic E-state index is -0.556. The summed E-state index contributed by atoms with van der Waals surface area (Å²) in [5, 5.41) is 0. The molecular weight excluding hydrogens is 176 g/mol. The molecule has 2 heteroatoms. The Bertz CT molecular complexity index is 340. The number of hydrogen-bond donors (Lipinski definition) is 0. The molecule has 0 aliphatic carbocycles. The lowest BCUT2D eigenvalue weighted by Crippen LogP contribution is -2.48. The molecule has 2 atom stereocenters. The summed E-state index contributed by atoms with van der Waals surface area (Å²) in [6.45, 7) is 9.88. The van der Waals surface area contributed by atoms with E-state index in [4.69, 9.17) is 4.74 Å². The average Bonchev–Trinajstić information content (AvgIpc) is 2.40. The lowest BCUT2D eigenvalue weighted by atomic mass is 9.82. The van der Waals surface area contributed by atoms with Crippen molar-refractivity contribution in [1.29, 1.82) is 0 Å². The number of rotatable bonds is 1. The molecule has 0 unspecified atom stereocenters. The van der Waals surface area contributed by atoms with Gasteiger partial charge in [0.25, 0.3) is 0 Å². The molecule has 2 aliphatic rings. The molecule has 0 N–H and O–H groups in total. The normalized spacial score (nSPS) is 41.1. The zero-order valence-electron chi connectivity index (χ0n) is 8.96. The van der Waals surface area contributed by atoms with Crippen molar-refractivity contribution < 1.29 is 9.53 Å². The zero-order chi connectivity index (χ0) is 10.6. The van der Waals surface area contributed by atoms with E-state index in [2.05, 4.69) is 20.4 Å². The van der Waals surface area contributed by atoms with Gasteiger partial charge < -0.3 is 4.74 Å². The Morgan fingerprint density at radius 2 is 2.14 bits per heavy atom. The van der Waals surface area contributed by atoms with Gasteiger partial charge in [0.15, 0.2) is 5.78 Å². The molecule has 1 saturated heterocycles. The molecule has 0 aromatic rings. The van der Waals surface area contributed by atoms with Gasteiger partial charge in [-0.05, 0) is 18.9 Å². The molecule has 0 spiro atoms. The molecule has 0 aromatic heterocycles. The van der Waals surface area contributed by atoms with Crippen molar-refractivity contribution in [3.05, 3.63) is 24.3 Å². The van der Waals surface area contributed by atoms with Crippen LogP contribution in [0, 0.1) is 5.92 Å². The monoisotopic (exact) mass is 192 g/mol. The van der Waals surface area contributed by atoms with Crippen LogP contribution in [-0.4, -0.2) is 17.0 Å². The lowest BCUT2D eigenvalue weighted by Gasteiger charge is -2.41. The average molecular weight is 192 g/mol. The van der Waals surface area contributed by atoms with Crippen molar-refractivity contribution >= 4 is 5.78 Å². The summed E-state index contributed by atoms with van der Waals surface area (Å²) < 4.78 is 5.98. The first-order chi connectivity index (χ1) is 6.40. The molecule has 2 rings (SSSR count). The highest BCUT2D eigenvalue weighted by molar-refractivity contribution is 5.99. The van der Waals surface area contributed by atoms with Crippen LogP contribution in [0.3, 0.4) is 0 Å². The molecule has 0 amide bonds. The first kappa shape index (κ1) is 9.66. The number of ether oxygens (including phenoxy) is 1. The number of hydrogen-bond acceptors (Lipinski definition) is 2. The molecule has 2 aliphatic heterocycles. The van der Waals surface area contributed by atoms with Crippen LogP contribution >= 0.6 is 0 Å². The van der Waals surface area contributed by atoms with Crippen LogP contribution in [0.25, 0.3) is 0 Å². The number of carbonyl (C=O) groups is 1. The van der Waals surface area contributed by atoms with E-state index in [9.17, 15) is 4.79 Å². The number of ketones is 1. The SMILES string of the molecule is C=C1C(=O)C[C@]2(C(C)C)C=C[C@@]1(C)O2. The Hall–Kier alpha value is -0.890. The number of fused-ring (bicyclic) bond motifs is 2. The van der Waals surface area contributed by atoms with Crippen molar-refractivity contribution in [3.63, 3.8) is 0 Å². The third-order valence-electron chi connectivity index (χ3n) is 3.44. The minimum absolute atomic E-state index is 0.137. The smallest absolute Gasteiger partial charge is 0.164 e. The predicted molar refractivity (Wildman–Crippen MR) is 55.0 cm³/mol. The van der Waals surface area contributed by atoms with E-state index in [0.29, 0.717) is 17.9 Å². The first-order valence-corrected chi connectivity index (χ1v) is 5.03. The van der Waals surface area contributed by atoms with E-state index in [0.717, 1.165) is 0 Å². The van der Waals surface area contributed by atoms with Crippen molar-refractivity contribution in [2.75, 3.05) is 0 Å². The number of Topliss-reactive ketones (excluding diaryl/α,β-unsaturated/α-hetero) is 1. The fourth-order valence-electron chi connectivity index (χ4n) is 2.17. The third kappa shape index (κ3) is 1.04.